The Morgan fingerprint density at radius 3 is 2.73 bits per heavy atom. The van der Waals surface area contributed by atoms with Crippen LogP contribution in [0.15, 0.2) is 18.2 Å². The molecular weight excluding hydrogens is 307 g/mol. The summed E-state index contributed by atoms with van der Waals surface area (Å²) >= 11 is 5.90. The zero-order valence-corrected chi connectivity index (χ0v) is 13.7. The van der Waals surface area contributed by atoms with E-state index in [4.69, 9.17) is 11.6 Å². The molecule has 1 aromatic carbocycles. The number of nitrogens with zero attached hydrogens (tertiary/aromatic N) is 1. The smallest absolute Gasteiger partial charge is 0.252 e. The summed E-state index contributed by atoms with van der Waals surface area (Å²) in [5.41, 5.74) is -0.111. The molecule has 0 radical (unpaired) electrons. The average Bonchev–Trinajstić information content (AvgIpc) is 2.80. The van der Waals surface area contributed by atoms with Crippen LogP contribution >= 0.6 is 11.6 Å². The van der Waals surface area contributed by atoms with E-state index < -0.39 is 11.7 Å². The van der Waals surface area contributed by atoms with E-state index in [9.17, 15) is 14.0 Å². The van der Waals surface area contributed by atoms with Gasteiger partial charge in [0, 0.05) is 31.0 Å². The third kappa shape index (κ3) is 3.77. The fourth-order valence-corrected chi connectivity index (χ4v) is 2.77. The van der Waals surface area contributed by atoms with E-state index in [2.05, 4.69) is 5.32 Å². The number of nitrogens with one attached hydrogen (secondary N) is 1. The van der Waals surface area contributed by atoms with Gasteiger partial charge >= 0.3 is 0 Å². The first-order chi connectivity index (χ1) is 10.2. The molecule has 0 spiro atoms. The molecule has 1 atom stereocenters. The summed E-state index contributed by atoms with van der Waals surface area (Å²) in [6, 6.07) is 3.67. The number of likely N-dealkylation sites (tertiary alicyclic amines) is 1. The van der Waals surface area contributed by atoms with Gasteiger partial charge in [-0.3, -0.25) is 9.59 Å². The van der Waals surface area contributed by atoms with Gasteiger partial charge in [0.15, 0.2) is 0 Å². The van der Waals surface area contributed by atoms with Crippen LogP contribution in [-0.4, -0.2) is 35.3 Å². The number of carbonyl (C=O) groups is 2. The molecule has 1 heterocycles. The molecule has 1 N–H and O–H groups in total. The third-order valence-electron chi connectivity index (χ3n) is 3.74. The molecule has 1 saturated heterocycles. The number of hydrogen-bond acceptors (Lipinski definition) is 2. The molecule has 0 bridgehead atoms. The van der Waals surface area contributed by atoms with Gasteiger partial charge in [-0.1, -0.05) is 11.6 Å². The van der Waals surface area contributed by atoms with Crippen molar-refractivity contribution in [1.29, 1.82) is 0 Å². The van der Waals surface area contributed by atoms with E-state index >= 15 is 0 Å². The Labute approximate surface area is 134 Å². The molecule has 22 heavy (non-hydrogen) atoms. The number of halogens is 2. The lowest BCUT2D eigenvalue weighted by atomic mass is 10.1. The first-order valence-electron chi connectivity index (χ1n) is 7.22. The lowest BCUT2D eigenvalue weighted by molar-refractivity contribution is -0.131. The molecule has 2 amide bonds. The highest BCUT2D eigenvalue weighted by atomic mass is 35.5. The molecule has 6 heteroatoms. The number of rotatable bonds is 3. The number of hydrogen-bond donors (Lipinski definition) is 1. The van der Waals surface area contributed by atoms with Crippen LogP contribution < -0.4 is 5.32 Å². The van der Waals surface area contributed by atoms with Crippen molar-refractivity contribution >= 4 is 23.4 Å². The molecule has 1 aliphatic heterocycles. The van der Waals surface area contributed by atoms with Crippen LogP contribution in [0.5, 0.6) is 0 Å². The summed E-state index contributed by atoms with van der Waals surface area (Å²) in [6.07, 6.45) is 0.411. The molecule has 2 rings (SSSR count). The highest BCUT2D eigenvalue weighted by molar-refractivity contribution is 6.33. The zero-order valence-electron chi connectivity index (χ0n) is 13.0. The second-order valence-electron chi connectivity index (χ2n) is 6.58. The summed E-state index contributed by atoms with van der Waals surface area (Å²) < 4.78 is 13.2. The zero-order chi connectivity index (χ0) is 16.5. The van der Waals surface area contributed by atoms with E-state index in [1.165, 1.54) is 12.1 Å². The van der Waals surface area contributed by atoms with E-state index in [1.54, 1.807) is 0 Å². The Morgan fingerprint density at radius 2 is 2.14 bits per heavy atom. The van der Waals surface area contributed by atoms with Crippen molar-refractivity contribution in [2.24, 2.45) is 5.92 Å². The molecule has 4 nitrogen and oxygen atoms in total. The van der Waals surface area contributed by atoms with Crippen molar-refractivity contribution < 1.29 is 14.0 Å². The second kappa shape index (κ2) is 6.24. The Hall–Kier alpha value is -1.62. The highest BCUT2D eigenvalue weighted by Crippen LogP contribution is 2.25. The van der Waals surface area contributed by atoms with Gasteiger partial charge in [0.25, 0.3) is 5.91 Å². The Kier molecular flexibility index (Phi) is 4.75. The van der Waals surface area contributed by atoms with E-state index in [1.807, 2.05) is 25.7 Å². The van der Waals surface area contributed by atoms with Gasteiger partial charge in [-0.25, -0.2) is 4.39 Å². The Balaban J connectivity index is 1.95. The fraction of sp³-hybridized carbons (Fsp3) is 0.500. The maximum absolute atomic E-state index is 13.2. The van der Waals surface area contributed by atoms with Gasteiger partial charge in [-0.2, -0.15) is 0 Å². The quantitative estimate of drug-likeness (QED) is 0.928. The largest absolute Gasteiger partial charge is 0.352 e. The molecule has 0 aromatic heterocycles. The van der Waals surface area contributed by atoms with Gasteiger partial charge in [-0.05, 0) is 39.0 Å². The van der Waals surface area contributed by atoms with Crippen molar-refractivity contribution in [1.82, 2.24) is 10.2 Å². The summed E-state index contributed by atoms with van der Waals surface area (Å²) in [7, 11) is 0. The lowest BCUT2D eigenvalue weighted by Crippen LogP contribution is -2.42. The topological polar surface area (TPSA) is 49.4 Å². The molecule has 1 aromatic rings. The van der Waals surface area contributed by atoms with Crippen molar-refractivity contribution in [2.75, 3.05) is 13.1 Å². The van der Waals surface area contributed by atoms with Crippen molar-refractivity contribution in [2.45, 2.75) is 32.7 Å². The van der Waals surface area contributed by atoms with Gasteiger partial charge in [0.1, 0.15) is 5.82 Å². The molecule has 0 saturated carbocycles. The minimum absolute atomic E-state index is 0.0583. The molecule has 0 aliphatic carbocycles. The van der Waals surface area contributed by atoms with E-state index in [-0.39, 0.29) is 28.0 Å². The van der Waals surface area contributed by atoms with Crippen molar-refractivity contribution in [3.8, 4) is 0 Å². The van der Waals surface area contributed by atoms with E-state index in [0.717, 1.165) is 6.07 Å². The van der Waals surface area contributed by atoms with Gasteiger partial charge in [0.2, 0.25) is 5.91 Å². The van der Waals surface area contributed by atoms with E-state index in [0.29, 0.717) is 19.5 Å². The SMILES string of the molecule is CC(C)(C)N1C[C@@H](CNC(=O)c2cc(F)ccc2Cl)CC1=O. The van der Waals surface area contributed by atoms with Crippen LogP contribution in [-0.2, 0) is 4.79 Å². The maximum atomic E-state index is 13.2. The van der Waals surface area contributed by atoms with Gasteiger partial charge in [0.05, 0.1) is 10.6 Å². The predicted molar refractivity (Wildman–Crippen MR) is 83.3 cm³/mol. The molecule has 0 unspecified atom stereocenters. The number of benzene rings is 1. The average molecular weight is 327 g/mol. The van der Waals surface area contributed by atoms with Crippen molar-refractivity contribution in [3.05, 3.63) is 34.6 Å². The molecule has 1 fully saturated rings. The van der Waals surface area contributed by atoms with Crippen LogP contribution in [0.1, 0.15) is 37.6 Å². The number of carbonyl (C=O) groups excluding carboxylic acids is 2. The van der Waals surface area contributed by atoms with Crippen LogP contribution in [0.25, 0.3) is 0 Å². The van der Waals surface area contributed by atoms with Crippen LogP contribution in [0, 0.1) is 11.7 Å². The first-order valence-corrected chi connectivity index (χ1v) is 7.60. The summed E-state index contributed by atoms with van der Waals surface area (Å²) in [5.74, 6) is -0.783. The highest BCUT2D eigenvalue weighted by Gasteiger charge is 2.36. The monoisotopic (exact) mass is 326 g/mol. The summed E-state index contributed by atoms with van der Waals surface area (Å²) in [5, 5.41) is 2.94. The minimum atomic E-state index is -0.510. The summed E-state index contributed by atoms with van der Waals surface area (Å²) in [4.78, 5) is 25.9. The fourth-order valence-electron chi connectivity index (χ4n) is 2.57. The van der Waals surface area contributed by atoms with Crippen molar-refractivity contribution in [3.63, 3.8) is 0 Å². The summed E-state index contributed by atoms with van der Waals surface area (Å²) in [6.45, 7) is 6.93. The number of amides is 2. The lowest BCUT2D eigenvalue weighted by Gasteiger charge is -2.32. The first kappa shape index (κ1) is 16.7. The Morgan fingerprint density at radius 1 is 1.45 bits per heavy atom. The second-order valence-corrected chi connectivity index (χ2v) is 6.99. The Bertz CT molecular complexity index is 598. The van der Waals surface area contributed by atoms with Crippen LogP contribution in [0.3, 0.4) is 0 Å². The minimum Gasteiger partial charge on any atom is -0.352 e. The normalized spacial score (nSPS) is 18.7. The maximum Gasteiger partial charge on any atom is 0.252 e. The molecule has 120 valence electrons. The predicted octanol–water partition coefficient (Wildman–Crippen LogP) is 2.86. The van der Waals surface area contributed by atoms with Gasteiger partial charge < -0.3 is 10.2 Å². The molecule has 1 aliphatic rings. The van der Waals surface area contributed by atoms with Crippen LogP contribution in [0.4, 0.5) is 4.39 Å². The van der Waals surface area contributed by atoms with Gasteiger partial charge in [-0.15, -0.1) is 0 Å². The van der Waals surface area contributed by atoms with Crippen LogP contribution in [0.2, 0.25) is 5.02 Å². The molecular formula is C16H20ClFN2O2. The standard InChI is InChI=1S/C16H20ClFN2O2/c1-16(2,3)20-9-10(6-14(20)21)8-19-15(22)12-7-11(18)4-5-13(12)17/h4-5,7,10H,6,8-9H2,1-3H3,(H,19,22)/t10-/m1/s1. The third-order valence-corrected chi connectivity index (χ3v) is 4.07.